The summed E-state index contributed by atoms with van der Waals surface area (Å²) in [4.78, 5) is 33.5. The number of halogens is 1. The fourth-order valence-corrected chi connectivity index (χ4v) is 4.88. The number of anilines is 1. The maximum Gasteiger partial charge on any atom is 0.296 e. The van der Waals surface area contributed by atoms with Crippen molar-refractivity contribution in [2.45, 2.75) is 46.1 Å². The lowest BCUT2D eigenvalue weighted by Crippen LogP contribution is -2.30. The lowest BCUT2D eigenvalue weighted by atomic mass is 9.97. The van der Waals surface area contributed by atoms with Crippen LogP contribution in [0.15, 0.2) is 63.9 Å². The maximum atomic E-state index is 13.9. The van der Waals surface area contributed by atoms with Crippen molar-refractivity contribution in [1.82, 2.24) is 4.98 Å². The van der Waals surface area contributed by atoms with Gasteiger partial charge in [-0.15, -0.1) is 0 Å². The van der Waals surface area contributed by atoms with E-state index in [0.29, 0.717) is 52.1 Å². The second-order valence-electron chi connectivity index (χ2n) is 9.28. The molecule has 1 amide bonds. The minimum Gasteiger partial charge on any atom is -0.490 e. The van der Waals surface area contributed by atoms with E-state index in [1.165, 1.54) is 11.1 Å². The third kappa shape index (κ3) is 4.74. The zero-order chi connectivity index (χ0) is 26.8. The summed E-state index contributed by atoms with van der Waals surface area (Å²) in [5.41, 5.74) is 1.98. The molecule has 5 rings (SSSR count). The van der Waals surface area contributed by atoms with E-state index in [2.05, 4.69) is 11.9 Å². The number of ether oxygens (including phenoxy) is 2. The molecule has 0 saturated carbocycles. The third-order valence-corrected chi connectivity index (χ3v) is 6.80. The van der Waals surface area contributed by atoms with Crippen molar-refractivity contribution in [3.8, 4) is 11.5 Å². The maximum absolute atomic E-state index is 13.9. The van der Waals surface area contributed by atoms with E-state index >= 15 is 0 Å². The van der Waals surface area contributed by atoms with Crippen molar-refractivity contribution in [1.29, 1.82) is 0 Å². The minimum absolute atomic E-state index is 0.00551. The van der Waals surface area contributed by atoms with E-state index in [-0.39, 0.29) is 16.8 Å². The van der Waals surface area contributed by atoms with Gasteiger partial charge in [0, 0.05) is 6.20 Å². The normalized spacial score (nSPS) is 14.7. The van der Waals surface area contributed by atoms with Crippen molar-refractivity contribution in [3.05, 3.63) is 92.4 Å². The topological polar surface area (TPSA) is 81.9 Å². The van der Waals surface area contributed by atoms with Gasteiger partial charge in [-0.25, -0.2) is 4.98 Å². The van der Waals surface area contributed by atoms with Crippen LogP contribution in [0.1, 0.15) is 66.4 Å². The molecule has 7 nitrogen and oxygen atoms in total. The lowest BCUT2D eigenvalue weighted by Gasteiger charge is -2.25. The number of benzene rings is 2. The first-order valence-electron chi connectivity index (χ1n) is 12.8. The molecule has 2 aromatic heterocycles. The van der Waals surface area contributed by atoms with Crippen LogP contribution in [0, 0.1) is 6.92 Å². The smallest absolute Gasteiger partial charge is 0.296 e. The van der Waals surface area contributed by atoms with Gasteiger partial charge in [0.25, 0.3) is 5.91 Å². The number of pyridine rings is 1. The molecule has 0 saturated heterocycles. The molecule has 1 atom stereocenters. The Morgan fingerprint density at radius 1 is 1.00 bits per heavy atom. The fourth-order valence-electron chi connectivity index (χ4n) is 4.77. The summed E-state index contributed by atoms with van der Waals surface area (Å²) >= 11 is 6.08. The van der Waals surface area contributed by atoms with Gasteiger partial charge < -0.3 is 13.9 Å². The number of hydrogen-bond donors (Lipinski definition) is 0. The Balaban J connectivity index is 1.68. The first-order chi connectivity index (χ1) is 18.4. The van der Waals surface area contributed by atoms with Gasteiger partial charge in [-0.05, 0) is 62.2 Å². The van der Waals surface area contributed by atoms with Gasteiger partial charge in [0.1, 0.15) is 11.4 Å². The van der Waals surface area contributed by atoms with E-state index in [9.17, 15) is 9.59 Å². The Hall–Kier alpha value is -3.84. The molecule has 0 radical (unpaired) electrons. The molecule has 1 aliphatic heterocycles. The van der Waals surface area contributed by atoms with E-state index < -0.39 is 11.9 Å². The number of fused-ring (bicyclic) bond motifs is 2. The zero-order valence-corrected chi connectivity index (χ0v) is 22.4. The van der Waals surface area contributed by atoms with Gasteiger partial charge in [-0.2, -0.15) is 0 Å². The van der Waals surface area contributed by atoms with Gasteiger partial charge in [0.05, 0.1) is 35.2 Å². The Morgan fingerprint density at radius 3 is 2.58 bits per heavy atom. The Kier molecular flexibility index (Phi) is 7.38. The number of carbonyl (C=O) groups is 1. The van der Waals surface area contributed by atoms with Crippen molar-refractivity contribution in [2.75, 3.05) is 18.1 Å². The van der Waals surface area contributed by atoms with Gasteiger partial charge in [-0.1, -0.05) is 49.1 Å². The van der Waals surface area contributed by atoms with Crippen LogP contribution in [0.3, 0.4) is 0 Å². The Bertz CT molecular complexity index is 1550. The van der Waals surface area contributed by atoms with Crippen LogP contribution in [0.2, 0.25) is 5.02 Å². The standard InChI is InChI=1S/C30H29ClN2O5/c1-4-6-7-14-37-23-12-9-19(16-24(23)36-5-2)27-26-28(34)21-15-18(3)8-11-22(21)38-29(26)30(35)33(27)25-13-10-20(31)17-32-25/h8-13,15-17,27H,4-7,14H2,1-3H3. The van der Waals surface area contributed by atoms with Gasteiger partial charge in [0.15, 0.2) is 16.9 Å². The minimum atomic E-state index is -0.777. The number of hydrogen-bond acceptors (Lipinski definition) is 6. The van der Waals surface area contributed by atoms with E-state index in [4.69, 9.17) is 25.5 Å². The van der Waals surface area contributed by atoms with Crippen molar-refractivity contribution in [3.63, 3.8) is 0 Å². The molecule has 0 bridgehead atoms. The van der Waals surface area contributed by atoms with Crippen LogP contribution in [0.25, 0.3) is 11.0 Å². The molecule has 0 aliphatic carbocycles. The summed E-state index contributed by atoms with van der Waals surface area (Å²) in [6.45, 7) is 6.96. The molecule has 3 heterocycles. The number of carbonyl (C=O) groups excluding carboxylic acids is 1. The predicted octanol–water partition coefficient (Wildman–Crippen LogP) is 6.87. The van der Waals surface area contributed by atoms with Crippen molar-refractivity contribution in [2.24, 2.45) is 0 Å². The predicted molar refractivity (Wildman–Crippen MR) is 148 cm³/mol. The van der Waals surface area contributed by atoms with Crippen LogP contribution in [0.5, 0.6) is 11.5 Å². The molecule has 4 aromatic rings. The Labute approximate surface area is 226 Å². The number of aryl methyl sites for hydroxylation is 1. The molecule has 38 heavy (non-hydrogen) atoms. The van der Waals surface area contributed by atoms with Gasteiger partial charge >= 0.3 is 0 Å². The highest BCUT2D eigenvalue weighted by Crippen LogP contribution is 2.43. The van der Waals surface area contributed by atoms with Crippen LogP contribution in [-0.2, 0) is 0 Å². The molecule has 0 spiro atoms. The first kappa shape index (κ1) is 25.8. The fraction of sp³-hybridized carbons (Fsp3) is 0.300. The van der Waals surface area contributed by atoms with Crippen LogP contribution in [-0.4, -0.2) is 24.1 Å². The quantitative estimate of drug-likeness (QED) is 0.219. The van der Waals surface area contributed by atoms with Gasteiger partial charge in [-0.3, -0.25) is 14.5 Å². The molecule has 1 unspecified atom stereocenters. The highest BCUT2D eigenvalue weighted by Gasteiger charge is 2.44. The number of rotatable bonds is 9. The monoisotopic (exact) mass is 532 g/mol. The SMILES string of the molecule is CCCCCOc1ccc(C2c3c(oc4ccc(C)cc4c3=O)C(=O)N2c2ccc(Cl)cn2)cc1OCC. The summed E-state index contributed by atoms with van der Waals surface area (Å²) in [6.07, 6.45) is 4.59. The zero-order valence-electron chi connectivity index (χ0n) is 21.6. The number of nitrogens with zero attached hydrogens (tertiary/aromatic N) is 2. The molecule has 0 fully saturated rings. The number of amides is 1. The molecule has 1 aliphatic rings. The second kappa shape index (κ2) is 10.9. The number of aromatic nitrogens is 1. The molecule has 0 N–H and O–H groups in total. The number of unbranched alkanes of at least 4 members (excludes halogenated alkanes) is 2. The van der Waals surface area contributed by atoms with E-state index in [1.807, 2.05) is 38.1 Å². The average molecular weight is 533 g/mol. The molecular formula is C30H29ClN2O5. The van der Waals surface area contributed by atoms with Crippen LogP contribution < -0.4 is 19.8 Å². The van der Waals surface area contributed by atoms with Crippen LogP contribution >= 0.6 is 11.6 Å². The summed E-state index contributed by atoms with van der Waals surface area (Å²) in [5.74, 6) is 1.08. The van der Waals surface area contributed by atoms with Crippen molar-refractivity contribution < 1.29 is 18.7 Å². The Morgan fingerprint density at radius 2 is 1.84 bits per heavy atom. The molecule has 8 heteroatoms. The molecule has 2 aromatic carbocycles. The largest absolute Gasteiger partial charge is 0.490 e. The second-order valence-corrected chi connectivity index (χ2v) is 9.72. The van der Waals surface area contributed by atoms with E-state index in [0.717, 1.165) is 24.8 Å². The van der Waals surface area contributed by atoms with Gasteiger partial charge in [0.2, 0.25) is 5.76 Å². The summed E-state index contributed by atoms with van der Waals surface area (Å²) < 4.78 is 18.0. The molecule has 196 valence electrons. The highest BCUT2D eigenvalue weighted by molar-refractivity contribution is 6.30. The molecular weight excluding hydrogens is 504 g/mol. The summed E-state index contributed by atoms with van der Waals surface area (Å²) in [5, 5.41) is 0.862. The van der Waals surface area contributed by atoms with Crippen LogP contribution in [0.4, 0.5) is 5.82 Å². The highest BCUT2D eigenvalue weighted by atomic mass is 35.5. The van der Waals surface area contributed by atoms with E-state index in [1.54, 1.807) is 24.3 Å². The van der Waals surface area contributed by atoms with Crippen molar-refractivity contribution >= 4 is 34.3 Å². The third-order valence-electron chi connectivity index (χ3n) is 6.57. The average Bonchev–Trinajstić information content (AvgIpc) is 3.20. The first-order valence-corrected chi connectivity index (χ1v) is 13.2. The lowest BCUT2D eigenvalue weighted by molar-refractivity contribution is 0.0970. The summed E-state index contributed by atoms with van der Waals surface area (Å²) in [7, 11) is 0. The summed E-state index contributed by atoms with van der Waals surface area (Å²) in [6, 6.07) is 13.4.